The Balaban J connectivity index is 1.50. The molecule has 0 radical (unpaired) electrons. The Kier molecular flexibility index (Phi) is 4.60. The number of hydrogen-bond donors (Lipinski definition) is 1. The average Bonchev–Trinajstić information content (AvgIpc) is 3.29. The van der Waals surface area contributed by atoms with Gasteiger partial charge in [-0.1, -0.05) is 30.3 Å². The first-order valence-electron chi connectivity index (χ1n) is 8.69. The maximum absolute atomic E-state index is 12.5. The van der Waals surface area contributed by atoms with Gasteiger partial charge in [0.2, 0.25) is 0 Å². The molecule has 27 heavy (non-hydrogen) atoms. The molecule has 0 aliphatic rings. The van der Waals surface area contributed by atoms with E-state index in [1.807, 2.05) is 60.0 Å². The highest BCUT2D eigenvalue weighted by Gasteiger charge is 2.11. The van der Waals surface area contributed by atoms with Crippen LogP contribution in [0.1, 0.15) is 21.7 Å². The van der Waals surface area contributed by atoms with Crippen molar-refractivity contribution >= 4 is 22.4 Å². The summed E-state index contributed by atoms with van der Waals surface area (Å²) in [4.78, 5) is 17.1. The molecule has 0 saturated carbocycles. The molecule has 2 heterocycles. The van der Waals surface area contributed by atoms with Gasteiger partial charge in [0.05, 0.1) is 5.69 Å². The number of benzene rings is 2. The molecule has 0 atom stereocenters. The SMILES string of the molecule is Cc1ccc(C)n1-c1ccc(C(=O)Nc2nc(-c3ccccc3)cs2)cc1. The van der Waals surface area contributed by atoms with E-state index in [9.17, 15) is 4.79 Å². The third-order valence-electron chi connectivity index (χ3n) is 4.45. The summed E-state index contributed by atoms with van der Waals surface area (Å²) in [5.74, 6) is -0.156. The third-order valence-corrected chi connectivity index (χ3v) is 5.21. The lowest BCUT2D eigenvalue weighted by molar-refractivity contribution is 0.102. The average molecular weight is 373 g/mol. The molecule has 4 nitrogen and oxygen atoms in total. The molecular formula is C22H19N3OS. The summed E-state index contributed by atoms with van der Waals surface area (Å²) < 4.78 is 2.16. The Bertz CT molecular complexity index is 1060. The van der Waals surface area contributed by atoms with Crippen LogP contribution in [0.25, 0.3) is 16.9 Å². The van der Waals surface area contributed by atoms with E-state index in [4.69, 9.17) is 0 Å². The first-order chi connectivity index (χ1) is 13.1. The van der Waals surface area contributed by atoms with Crippen molar-refractivity contribution in [1.82, 2.24) is 9.55 Å². The van der Waals surface area contributed by atoms with E-state index in [-0.39, 0.29) is 5.91 Å². The molecule has 4 rings (SSSR count). The normalized spacial score (nSPS) is 10.7. The largest absolute Gasteiger partial charge is 0.319 e. The van der Waals surface area contributed by atoms with Crippen LogP contribution in [0.2, 0.25) is 0 Å². The molecule has 1 amide bonds. The Labute approximate surface area is 162 Å². The number of aryl methyl sites for hydroxylation is 2. The highest BCUT2D eigenvalue weighted by molar-refractivity contribution is 7.14. The topological polar surface area (TPSA) is 46.9 Å². The number of amides is 1. The number of hydrogen-bond acceptors (Lipinski definition) is 3. The van der Waals surface area contributed by atoms with Crippen LogP contribution in [0, 0.1) is 13.8 Å². The van der Waals surface area contributed by atoms with Gasteiger partial charge in [-0.25, -0.2) is 4.98 Å². The second-order valence-corrected chi connectivity index (χ2v) is 7.21. The van der Waals surface area contributed by atoms with Crippen LogP contribution in [-0.2, 0) is 0 Å². The van der Waals surface area contributed by atoms with E-state index in [2.05, 4.69) is 40.8 Å². The third kappa shape index (κ3) is 3.55. The van der Waals surface area contributed by atoms with Gasteiger partial charge in [-0.3, -0.25) is 10.1 Å². The molecule has 0 aliphatic carbocycles. The highest BCUT2D eigenvalue weighted by atomic mass is 32.1. The molecule has 4 aromatic rings. The van der Waals surface area contributed by atoms with Crippen LogP contribution in [-0.4, -0.2) is 15.5 Å². The van der Waals surface area contributed by atoms with E-state index in [0.29, 0.717) is 10.7 Å². The van der Waals surface area contributed by atoms with Crippen molar-refractivity contribution in [3.63, 3.8) is 0 Å². The zero-order valence-corrected chi connectivity index (χ0v) is 16.0. The van der Waals surface area contributed by atoms with Crippen LogP contribution in [0.5, 0.6) is 0 Å². The minimum atomic E-state index is -0.156. The monoisotopic (exact) mass is 373 g/mol. The van der Waals surface area contributed by atoms with Crippen molar-refractivity contribution in [1.29, 1.82) is 0 Å². The highest BCUT2D eigenvalue weighted by Crippen LogP contribution is 2.25. The molecule has 0 spiro atoms. The van der Waals surface area contributed by atoms with Gasteiger partial charge in [0.25, 0.3) is 5.91 Å². The van der Waals surface area contributed by atoms with E-state index in [1.54, 1.807) is 0 Å². The zero-order valence-electron chi connectivity index (χ0n) is 15.1. The van der Waals surface area contributed by atoms with Gasteiger partial charge in [-0.05, 0) is 50.2 Å². The van der Waals surface area contributed by atoms with E-state index in [1.165, 1.54) is 22.7 Å². The number of rotatable bonds is 4. The van der Waals surface area contributed by atoms with Crippen LogP contribution < -0.4 is 5.32 Å². The fourth-order valence-electron chi connectivity index (χ4n) is 3.08. The first kappa shape index (κ1) is 17.2. The molecule has 0 aliphatic heterocycles. The Morgan fingerprint density at radius 1 is 0.926 bits per heavy atom. The van der Waals surface area contributed by atoms with Gasteiger partial charge in [0.15, 0.2) is 5.13 Å². The fourth-order valence-corrected chi connectivity index (χ4v) is 3.79. The predicted molar refractivity (Wildman–Crippen MR) is 111 cm³/mol. The quantitative estimate of drug-likeness (QED) is 0.515. The number of aromatic nitrogens is 2. The van der Waals surface area contributed by atoms with Crippen LogP contribution in [0.15, 0.2) is 72.1 Å². The van der Waals surface area contributed by atoms with Crippen molar-refractivity contribution in [3.8, 4) is 16.9 Å². The molecule has 2 aromatic heterocycles. The molecule has 0 bridgehead atoms. The molecular weight excluding hydrogens is 354 g/mol. The van der Waals surface area contributed by atoms with Gasteiger partial charge >= 0.3 is 0 Å². The van der Waals surface area contributed by atoms with E-state index < -0.39 is 0 Å². The van der Waals surface area contributed by atoms with E-state index >= 15 is 0 Å². The number of thiazole rings is 1. The summed E-state index contributed by atoms with van der Waals surface area (Å²) in [6.45, 7) is 4.14. The van der Waals surface area contributed by atoms with Gasteiger partial charge in [0.1, 0.15) is 0 Å². The molecule has 0 fully saturated rings. The number of carbonyl (C=O) groups excluding carboxylic acids is 1. The van der Waals surface area contributed by atoms with Crippen molar-refractivity contribution in [2.45, 2.75) is 13.8 Å². The van der Waals surface area contributed by atoms with Crippen molar-refractivity contribution in [2.75, 3.05) is 5.32 Å². The lowest BCUT2D eigenvalue weighted by atomic mass is 10.2. The van der Waals surface area contributed by atoms with E-state index in [0.717, 1.165) is 16.9 Å². The van der Waals surface area contributed by atoms with Gasteiger partial charge in [-0.15, -0.1) is 11.3 Å². The number of carbonyl (C=O) groups is 1. The summed E-state index contributed by atoms with van der Waals surface area (Å²) in [5.41, 5.74) is 5.90. The van der Waals surface area contributed by atoms with Crippen LogP contribution >= 0.6 is 11.3 Å². The molecule has 134 valence electrons. The Morgan fingerprint density at radius 3 is 2.26 bits per heavy atom. The summed E-state index contributed by atoms with van der Waals surface area (Å²) in [6, 6.07) is 21.7. The Morgan fingerprint density at radius 2 is 1.59 bits per heavy atom. The van der Waals surface area contributed by atoms with Crippen molar-refractivity contribution in [3.05, 3.63) is 89.1 Å². The smallest absolute Gasteiger partial charge is 0.257 e. The number of nitrogens with zero attached hydrogens (tertiary/aromatic N) is 2. The Hall–Kier alpha value is -3.18. The standard InChI is InChI=1S/C22H19N3OS/c1-15-8-9-16(2)25(15)19-12-10-18(11-13-19)21(26)24-22-23-20(14-27-22)17-6-4-3-5-7-17/h3-14H,1-2H3,(H,23,24,26). The van der Waals surface area contributed by atoms with Crippen LogP contribution in [0.4, 0.5) is 5.13 Å². The fraction of sp³-hybridized carbons (Fsp3) is 0.0909. The minimum absolute atomic E-state index is 0.156. The summed E-state index contributed by atoms with van der Waals surface area (Å²) in [7, 11) is 0. The number of nitrogens with one attached hydrogen (secondary N) is 1. The molecule has 0 unspecified atom stereocenters. The molecule has 5 heteroatoms. The summed E-state index contributed by atoms with van der Waals surface area (Å²) in [5, 5.41) is 5.43. The van der Waals surface area contributed by atoms with Crippen molar-refractivity contribution in [2.24, 2.45) is 0 Å². The predicted octanol–water partition coefficient (Wildman–Crippen LogP) is 5.47. The first-order valence-corrected chi connectivity index (χ1v) is 9.57. The van der Waals surface area contributed by atoms with Gasteiger partial charge in [-0.2, -0.15) is 0 Å². The van der Waals surface area contributed by atoms with Crippen molar-refractivity contribution < 1.29 is 4.79 Å². The zero-order chi connectivity index (χ0) is 18.8. The van der Waals surface area contributed by atoms with Crippen LogP contribution in [0.3, 0.4) is 0 Å². The molecule has 0 saturated heterocycles. The molecule has 2 aromatic carbocycles. The maximum Gasteiger partial charge on any atom is 0.257 e. The second kappa shape index (κ2) is 7.21. The lowest BCUT2D eigenvalue weighted by Crippen LogP contribution is -2.11. The maximum atomic E-state index is 12.5. The summed E-state index contributed by atoms with van der Waals surface area (Å²) >= 11 is 1.43. The second-order valence-electron chi connectivity index (χ2n) is 6.36. The minimum Gasteiger partial charge on any atom is -0.319 e. The van der Waals surface area contributed by atoms with Gasteiger partial charge < -0.3 is 4.57 Å². The lowest BCUT2D eigenvalue weighted by Gasteiger charge is -2.10. The number of anilines is 1. The van der Waals surface area contributed by atoms with Gasteiger partial charge in [0, 0.05) is 33.6 Å². The summed E-state index contributed by atoms with van der Waals surface area (Å²) in [6.07, 6.45) is 0. The molecule has 1 N–H and O–H groups in total.